The van der Waals surface area contributed by atoms with Crippen molar-refractivity contribution in [3.63, 3.8) is 0 Å². The number of fused-ring (bicyclic) bond motifs is 1. The zero-order valence-corrected chi connectivity index (χ0v) is 11.8. The van der Waals surface area contributed by atoms with Crippen molar-refractivity contribution in [3.05, 3.63) is 29.8 Å². The van der Waals surface area contributed by atoms with Crippen LogP contribution in [0.2, 0.25) is 0 Å². The van der Waals surface area contributed by atoms with Gasteiger partial charge in [0.1, 0.15) is 0 Å². The van der Waals surface area contributed by atoms with Gasteiger partial charge in [0.2, 0.25) is 0 Å². The summed E-state index contributed by atoms with van der Waals surface area (Å²) in [5.74, 6) is -1.45. The van der Waals surface area contributed by atoms with Crippen LogP contribution in [0, 0.1) is 11.8 Å². The third-order valence-electron chi connectivity index (χ3n) is 3.73. The van der Waals surface area contributed by atoms with Crippen molar-refractivity contribution in [1.29, 1.82) is 0 Å². The Morgan fingerprint density at radius 3 is 2.70 bits per heavy atom. The highest BCUT2D eigenvalue weighted by molar-refractivity contribution is 5.94. The summed E-state index contributed by atoms with van der Waals surface area (Å²) in [5, 5.41) is 11.8. The van der Waals surface area contributed by atoms with Gasteiger partial charge in [0, 0.05) is 18.8 Å². The Kier molecular flexibility index (Phi) is 4.27. The Balaban J connectivity index is 1.98. The number of rotatable bonds is 4. The average molecular weight is 276 g/mol. The molecule has 0 aliphatic carbocycles. The molecule has 2 N–H and O–H groups in total. The zero-order valence-electron chi connectivity index (χ0n) is 11.8. The van der Waals surface area contributed by atoms with Crippen LogP contribution in [0.3, 0.4) is 0 Å². The Hall–Kier alpha value is -2.04. The summed E-state index contributed by atoms with van der Waals surface area (Å²) in [6, 6.07) is 7.57. The summed E-state index contributed by atoms with van der Waals surface area (Å²) in [5.41, 5.74) is 2.07. The van der Waals surface area contributed by atoms with E-state index >= 15 is 0 Å². The zero-order chi connectivity index (χ0) is 14.7. The number of benzene rings is 1. The number of carbonyl (C=O) groups excluding carboxylic acids is 1. The van der Waals surface area contributed by atoms with Crippen LogP contribution >= 0.6 is 0 Å². The second-order valence-corrected chi connectivity index (χ2v) is 5.41. The number of aliphatic carboxylic acids is 1. The standard InChI is InChI=1S/C15H20N2O3/c1-10(2)12(14(18)19)9-16-15(20)17-8-7-11-5-3-4-6-13(11)17/h3-6,10,12H,7-9H2,1-2H3,(H,16,20)(H,18,19). The first-order chi connectivity index (χ1) is 9.50. The highest BCUT2D eigenvalue weighted by Gasteiger charge is 2.26. The maximum absolute atomic E-state index is 12.2. The summed E-state index contributed by atoms with van der Waals surface area (Å²) in [6.07, 6.45) is 0.843. The molecule has 0 radical (unpaired) electrons. The molecule has 0 spiro atoms. The van der Waals surface area contributed by atoms with Gasteiger partial charge in [0.15, 0.2) is 0 Å². The smallest absolute Gasteiger partial charge is 0.321 e. The number of hydrogen-bond acceptors (Lipinski definition) is 2. The third kappa shape index (κ3) is 2.92. The molecule has 0 aromatic heterocycles. The van der Waals surface area contributed by atoms with Gasteiger partial charge in [0.25, 0.3) is 0 Å². The van der Waals surface area contributed by atoms with Crippen molar-refractivity contribution in [2.24, 2.45) is 11.8 Å². The predicted octanol–water partition coefficient (Wildman–Crippen LogP) is 2.12. The fourth-order valence-corrected chi connectivity index (χ4v) is 2.45. The number of carbonyl (C=O) groups is 2. The van der Waals surface area contributed by atoms with Gasteiger partial charge in [-0.05, 0) is 24.0 Å². The van der Waals surface area contributed by atoms with Gasteiger partial charge in [-0.25, -0.2) is 4.79 Å². The van der Waals surface area contributed by atoms with Gasteiger partial charge in [-0.2, -0.15) is 0 Å². The molecule has 2 rings (SSSR count). The van der Waals surface area contributed by atoms with Gasteiger partial charge < -0.3 is 10.4 Å². The van der Waals surface area contributed by atoms with Crippen molar-refractivity contribution in [3.8, 4) is 0 Å². The van der Waals surface area contributed by atoms with Crippen molar-refractivity contribution >= 4 is 17.7 Å². The van der Waals surface area contributed by atoms with Crippen LogP contribution in [0.4, 0.5) is 10.5 Å². The molecule has 1 atom stereocenters. The van der Waals surface area contributed by atoms with E-state index < -0.39 is 11.9 Å². The van der Waals surface area contributed by atoms with Crippen LogP contribution in [0.5, 0.6) is 0 Å². The maximum atomic E-state index is 12.2. The van der Waals surface area contributed by atoms with Crippen LogP contribution < -0.4 is 10.2 Å². The molecule has 0 saturated heterocycles. The summed E-state index contributed by atoms with van der Waals surface area (Å²) >= 11 is 0. The van der Waals surface area contributed by atoms with E-state index in [0.29, 0.717) is 6.54 Å². The molecule has 0 saturated carbocycles. The lowest BCUT2D eigenvalue weighted by Gasteiger charge is -2.21. The molecule has 1 unspecified atom stereocenters. The second-order valence-electron chi connectivity index (χ2n) is 5.41. The molecule has 1 aromatic carbocycles. The first-order valence-electron chi connectivity index (χ1n) is 6.86. The molecule has 1 aliphatic rings. The van der Waals surface area contributed by atoms with Crippen molar-refractivity contribution in [1.82, 2.24) is 5.32 Å². The molecular formula is C15H20N2O3. The summed E-state index contributed by atoms with van der Waals surface area (Å²) in [4.78, 5) is 25.0. The molecule has 1 heterocycles. The molecule has 108 valence electrons. The van der Waals surface area contributed by atoms with Gasteiger partial charge >= 0.3 is 12.0 Å². The SMILES string of the molecule is CC(C)C(CNC(=O)N1CCc2ccccc21)C(=O)O. The number of carboxylic acids is 1. The summed E-state index contributed by atoms with van der Waals surface area (Å²) < 4.78 is 0. The molecule has 5 nitrogen and oxygen atoms in total. The fourth-order valence-electron chi connectivity index (χ4n) is 2.45. The van der Waals surface area contributed by atoms with E-state index in [1.54, 1.807) is 4.90 Å². The fraction of sp³-hybridized carbons (Fsp3) is 0.467. The highest BCUT2D eigenvalue weighted by atomic mass is 16.4. The number of para-hydroxylation sites is 1. The van der Waals surface area contributed by atoms with E-state index in [9.17, 15) is 9.59 Å². The number of amides is 2. The van der Waals surface area contributed by atoms with Crippen LogP contribution in [0.1, 0.15) is 19.4 Å². The number of anilines is 1. The van der Waals surface area contributed by atoms with Gasteiger partial charge in [0.05, 0.1) is 5.92 Å². The van der Waals surface area contributed by atoms with Gasteiger partial charge in [-0.1, -0.05) is 32.0 Å². The van der Waals surface area contributed by atoms with E-state index in [0.717, 1.165) is 17.7 Å². The minimum Gasteiger partial charge on any atom is -0.481 e. The number of hydrogen-bond donors (Lipinski definition) is 2. The molecule has 1 aliphatic heterocycles. The number of urea groups is 1. The van der Waals surface area contributed by atoms with E-state index in [1.807, 2.05) is 38.1 Å². The molecule has 0 bridgehead atoms. The number of nitrogens with zero attached hydrogens (tertiary/aromatic N) is 1. The van der Waals surface area contributed by atoms with Crippen LogP contribution in [-0.4, -0.2) is 30.2 Å². The normalized spacial score (nSPS) is 15.1. The first kappa shape index (κ1) is 14.4. The molecule has 5 heteroatoms. The lowest BCUT2D eigenvalue weighted by Crippen LogP contribution is -2.43. The first-order valence-corrected chi connectivity index (χ1v) is 6.86. The minimum atomic E-state index is -0.873. The Morgan fingerprint density at radius 1 is 1.35 bits per heavy atom. The van der Waals surface area contributed by atoms with E-state index in [2.05, 4.69) is 5.32 Å². The predicted molar refractivity (Wildman–Crippen MR) is 76.9 cm³/mol. The molecular weight excluding hydrogens is 256 g/mol. The Bertz CT molecular complexity index is 514. The molecule has 0 fully saturated rings. The second kappa shape index (κ2) is 5.94. The third-order valence-corrected chi connectivity index (χ3v) is 3.73. The Labute approximate surface area is 118 Å². The van der Waals surface area contributed by atoms with Crippen LogP contribution in [-0.2, 0) is 11.2 Å². The minimum absolute atomic E-state index is 0.0151. The van der Waals surface area contributed by atoms with Crippen molar-refractivity contribution in [2.75, 3.05) is 18.0 Å². The molecule has 20 heavy (non-hydrogen) atoms. The topological polar surface area (TPSA) is 69.6 Å². The maximum Gasteiger partial charge on any atom is 0.321 e. The highest BCUT2D eigenvalue weighted by Crippen LogP contribution is 2.27. The van der Waals surface area contributed by atoms with Crippen LogP contribution in [0.15, 0.2) is 24.3 Å². The van der Waals surface area contributed by atoms with Gasteiger partial charge in [-0.3, -0.25) is 9.69 Å². The van der Waals surface area contributed by atoms with E-state index in [-0.39, 0.29) is 18.5 Å². The number of nitrogens with one attached hydrogen (secondary N) is 1. The Morgan fingerprint density at radius 2 is 2.05 bits per heavy atom. The lowest BCUT2D eigenvalue weighted by atomic mass is 9.96. The monoisotopic (exact) mass is 276 g/mol. The summed E-state index contributed by atoms with van der Waals surface area (Å²) in [6.45, 7) is 4.49. The average Bonchev–Trinajstić information content (AvgIpc) is 2.81. The summed E-state index contributed by atoms with van der Waals surface area (Å²) in [7, 11) is 0. The molecule has 2 amide bonds. The van der Waals surface area contributed by atoms with Crippen molar-refractivity contribution in [2.45, 2.75) is 20.3 Å². The number of carboxylic acid groups (broad SMARTS) is 1. The van der Waals surface area contributed by atoms with Gasteiger partial charge in [-0.15, -0.1) is 0 Å². The molecule has 1 aromatic rings. The van der Waals surface area contributed by atoms with Crippen molar-refractivity contribution < 1.29 is 14.7 Å². The largest absolute Gasteiger partial charge is 0.481 e. The van der Waals surface area contributed by atoms with E-state index in [1.165, 1.54) is 0 Å². The van der Waals surface area contributed by atoms with E-state index in [4.69, 9.17) is 5.11 Å². The van der Waals surface area contributed by atoms with Crippen LogP contribution in [0.25, 0.3) is 0 Å². The lowest BCUT2D eigenvalue weighted by molar-refractivity contribution is -0.142. The quantitative estimate of drug-likeness (QED) is 0.885.